The molecular weight excluding hydrogens is 294 g/mol. The van der Waals surface area contributed by atoms with Crippen LogP contribution in [0.4, 0.5) is 5.69 Å². The van der Waals surface area contributed by atoms with E-state index < -0.39 is 5.97 Å². The summed E-state index contributed by atoms with van der Waals surface area (Å²) in [5, 5.41) is 12.3. The van der Waals surface area contributed by atoms with E-state index in [1.807, 2.05) is 24.3 Å². The van der Waals surface area contributed by atoms with Gasteiger partial charge in [0.2, 0.25) is 0 Å². The smallest absolute Gasteiger partial charge is 0.335 e. The van der Waals surface area contributed by atoms with E-state index in [4.69, 9.17) is 14.6 Å². The zero-order valence-electron chi connectivity index (χ0n) is 13.3. The summed E-state index contributed by atoms with van der Waals surface area (Å²) >= 11 is 0. The van der Waals surface area contributed by atoms with Crippen LogP contribution in [0.1, 0.15) is 29.3 Å². The minimum atomic E-state index is -0.967. The number of methoxy groups -OCH3 is 1. The Labute approximate surface area is 135 Å². The summed E-state index contributed by atoms with van der Waals surface area (Å²) in [7, 11) is 1.56. The lowest BCUT2D eigenvalue weighted by molar-refractivity contribution is 0.0697. The molecule has 2 rings (SSSR count). The topological polar surface area (TPSA) is 67.8 Å². The van der Waals surface area contributed by atoms with Crippen molar-refractivity contribution in [2.75, 3.05) is 19.0 Å². The molecule has 23 heavy (non-hydrogen) atoms. The monoisotopic (exact) mass is 315 g/mol. The van der Waals surface area contributed by atoms with Crippen LogP contribution in [0.25, 0.3) is 0 Å². The largest absolute Gasteiger partial charge is 0.495 e. The lowest BCUT2D eigenvalue weighted by Gasteiger charge is -2.13. The van der Waals surface area contributed by atoms with E-state index in [2.05, 4.69) is 12.2 Å². The molecule has 5 nitrogen and oxygen atoms in total. The van der Waals surface area contributed by atoms with Crippen molar-refractivity contribution in [3.8, 4) is 11.5 Å². The minimum absolute atomic E-state index is 0.216. The number of carbonyl (C=O) groups is 1. The van der Waals surface area contributed by atoms with E-state index in [0.29, 0.717) is 24.6 Å². The van der Waals surface area contributed by atoms with Crippen molar-refractivity contribution in [3.63, 3.8) is 0 Å². The van der Waals surface area contributed by atoms with Gasteiger partial charge in [-0.25, -0.2) is 4.79 Å². The standard InChI is InChI=1S/C18H21NO4/c1-3-9-23-15-6-4-5-13(10-15)12-19-16-11-14(18(20)21)7-8-17(16)22-2/h4-8,10-11,19H,3,9,12H2,1-2H3,(H,20,21). The number of nitrogens with one attached hydrogen (secondary N) is 1. The Bertz CT molecular complexity index is 670. The fraction of sp³-hybridized carbons (Fsp3) is 0.278. The number of hydrogen-bond donors (Lipinski definition) is 2. The van der Waals surface area contributed by atoms with E-state index in [1.54, 1.807) is 19.2 Å². The molecule has 0 aliphatic heterocycles. The highest BCUT2D eigenvalue weighted by Crippen LogP contribution is 2.26. The molecule has 0 fully saturated rings. The molecule has 0 radical (unpaired) electrons. The molecular formula is C18H21NO4. The Morgan fingerprint density at radius 2 is 2.04 bits per heavy atom. The van der Waals surface area contributed by atoms with Crippen molar-refractivity contribution in [1.82, 2.24) is 0 Å². The fourth-order valence-electron chi connectivity index (χ4n) is 2.14. The maximum atomic E-state index is 11.1. The van der Waals surface area contributed by atoms with Crippen LogP contribution in [-0.2, 0) is 6.54 Å². The first-order valence-corrected chi connectivity index (χ1v) is 7.51. The summed E-state index contributed by atoms with van der Waals surface area (Å²) in [5.74, 6) is 0.469. The van der Waals surface area contributed by atoms with Crippen LogP contribution in [0.5, 0.6) is 11.5 Å². The Kier molecular flexibility index (Phi) is 5.86. The average Bonchev–Trinajstić information content (AvgIpc) is 2.58. The van der Waals surface area contributed by atoms with Crippen molar-refractivity contribution in [2.45, 2.75) is 19.9 Å². The molecule has 0 amide bonds. The van der Waals surface area contributed by atoms with Crippen LogP contribution >= 0.6 is 0 Å². The molecule has 0 heterocycles. The normalized spacial score (nSPS) is 10.2. The molecule has 2 N–H and O–H groups in total. The van der Waals surface area contributed by atoms with Gasteiger partial charge in [0, 0.05) is 6.54 Å². The first kappa shape index (κ1) is 16.7. The lowest BCUT2D eigenvalue weighted by Crippen LogP contribution is -2.04. The van der Waals surface area contributed by atoms with Gasteiger partial charge in [-0.05, 0) is 42.3 Å². The van der Waals surface area contributed by atoms with Gasteiger partial charge in [-0.3, -0.25) is 0 Å². The van der Waals surface area contributed by atoms with E-state index in [0.717, 1.165) is 17.7 Å². The third-order valence-corrected chi connectivity index (χ3v) is 3.30. The van der Waals surface area contributed by atoms with Crippen molar-refractivity contribution < 1.29 is 19.4 Å². The van der Waals surface area contributed by atoms with Crippen LogP contribution in [0, 0.1) is 0 Å². The summed E-state index contributed by atoms with van der Waals surface area (Å²) in [5.41, 5.74) is 1.90. The van der Waals surface area contributed by atoms with Crippen LogP contribution in [0.2, 0.25) is 0 Å². The maximum Gasteiger partial charge on any atom is 0.335 e. The number of benzene rings is 2. The minimum Gasteiger partial charge on any atom is -0.495 e. The maximum absolute atomic E-state index is 11.1. The van der Waals surface area contributed by atoms with Gasteiger partial charge in [-0.2, -0.15) is 0 Å². The Morgan fingerprint density at radius 1 is 1.22 bits per heavy atom. The van der Waals surface area contributed by atoms with Gasteiger partial charge in [0.1, 0.15) is 11.5 Å². The number of aromatic carboxylic acids is 1. The van der Waals surface area contributed by atoms with E-state index in [-0.39, 0.29) is 5.56 Å². The van der Waals surface area contributed by atoms with Gasteiger partial charge in [0.25, 0.3) is 0 Å². The average molecular weight is 315 g/mol. The number of carboxylic acid groups (broad SMARTS) is 1. The molecule has 2 aromatic rings. The second kappa shape index (κ2) is 8.08. The molecule has 2 aromatic carbocycles. The van der Waals surface area contributed by atoms with Crippen LogP contribution in [0.15, 0.2) is 42.5 Å². The molecule has 0 spiro atoms. The number of rotatable bonds is 8. The molecule has 0 aliphatic rings. The summed E-state index contributed by atoms with van der Waals surface area (Å²) in [6.45, 7) is 3.29. The Hall–Kier alpha value is -2.69. The summed E-state index contributed by atoms with van der Waals surface area (Å²) in [4.78, 5) is 11.1. The quantitative estimate of drug-likeness (QED) is 0.775. The van der Waals surface area contributed by atoms with Crippen molar-refractivity contribution in [3.05, 3.63) is 53.6 Å². The SMILES string of the molecule is CCCOc1cccc(CNc2cc(C(=O)O)ccc2OC)c1. The highest BCUT2D eigenvalue weighted by atomic mass is 16.5. The second-order valence-corrected chi connectivity index (χ2v) is 5.07. The van der Waals surface area contributed by atoms with Crippen LogP contribution in [-0.4, -0.2) is 24.8 Å². The summed E-state index contributed by atoms with van der Waals surface area (Å²) < 4.78 is 10.9. The molecule has 0 saturated carbocycles. The second-order valence-electron chi connectivity index (χ2n) is 5.07. The van der Waals surface area contributed by atoms with E-state index in [9.17, 15) is 4.79 Å². The van der Waals surface area contributed by atoms with Gasteiger partial charge in [-0.15, -0.1) is 0 Å². The van der Waals surface area contributed by atoms with Gasteiger partial charge < -0.3 is 19.9 Å². The van der Waals surface area contributed by atoms with E-state index in [1.165, 1.54) is 6.07 Å². The molecule has 0 bridgehead atoms. The zero-order chi connectivity index (χ0) is 16.7. The third kappa shape index (κ3) is 4.64. The molecule has 0 unspecified atom stereocenters. The number of anilines is 1. The fourth-order valence-corrected chi connectivity index (χ4v) is 2.14. The summed E-state index contributed by atoms with van der Waals surface area (Å²) in [6, 6.07) is 12.5. The van der Waals surface area contributed by atoms with Gasteiger partial charge in [-0.1, -0.05) is 19.1 Å². The Morgan fingerprint density at radius 3 is 2.74 bits per heavy atom. The number of ether oxygens (including phenoxy) is 2. The molecule has 0 saturated heterocycles. The van der Waals surface area contributed by atoms with Crippen LogP contribution in [0.3, 0.4) is 0 Å². The first-order valence-electron chi connectivity index (χ1n) is 7.51. The predicted octanol–water partition coefficient (Wildman–Crippen LogP) is 3.79. The van der Waals surface area contributed by atoms with Crippen LogP contribution < -0.4 is 14.8 Å². The molecule has 0 aliphatic carbocycles. The van der Waals surface area contributed by atoms with E-state index >= 15 is 0 Å². The highest BCUT2D eigenvalue weighted by molar-refractivity contribution is 5.89. The van der Waals surface area contributed by atoms with Gasteiger partial charge in [0.15, 0.2) is 0 Å². The van der Waals surface area contributed by atoms with Gasteiger partial charge in [0.05, 0.1) is 25.0 Å². The first-order chi connectivity index (χ1) is 11.1. The molecule has 0 atom stereocenters. The summed E-state index contributed by atoms with van der Waals surface area (Å²) in [6.07, 6.45) is 0.960. The van der Waals surface area contributed by atoms with Crippen molar-refractivity contribution in [2.24, 2.45) is 0 Å². The number of carboxylic acids is 1. The van der Waals surface area contributed by atoms with Crippen molar-refractivity contribution in [1.29, 1.82) is 0 Å². The third-order valence-electron chi connectivity index (χ3n) is 3.30. The lowest BCUT2D eigenvalue weighted by atomic mass is 10.1. The molecule has 0 aromatic heterocycles. The Balaban J connectivity index is 2.10. The molecule has 5 heteroatoms. The molecule has 122 valence electrons. The highest BCUT2D eigenvalue weighted by Gasteiger charge is 2.09. The number of hydrogen-bond acceptors (Lipinski definition) is 4. The predicted molar refractivity (Wildman–Crippen MR) is 89.5 cm³/mol. The van der Waals surface area contributed by atoms with Gasteiger partial charge >= 0.3 is 5.97 Å². The van der Waals surface area contributed by atoms with Crippen molar-refractivity contribution >= 4 is 11.7 Å². The zero-order valence-corrected chi connectivity index (χ0v) is 13.3.